The number of piperidine rings is 1. The number of aromatic hydroxyl groups is 1. The maximum Gasteiger partial charge on any atom is 0.343 e. The van der Waals surface area contributed by atoms with Crippen LogP contribution in [0.4, 0.5) is 0 Å². The second-order valence-corrected chi connectivity index (χ2v) is 7.12. The zero-order valence-corrected chi connectivity index (χ0v) is 13.2. The molecule has 2 aliphatic heterocycles. The van der Waals surface area contributed by atoms with Crippen LogP contribution >= 0.6 is 11.3 Å². The van der Waals surface area contributed by atoms with Gasteiger partial charge in [-0.1, -0.05) is 0 Å². The Morgan fingerprint density at radius 3 is 2.86 bits per heavy atom. The Bertz CT molecular complexity index is 715. The summed E-state index contributed by atoms with van der Waals surface area (Å²) in [6.45, 7) is 0. The van der Waals surface area contributed by atoms with Gasteiger partial charge in [0.1, 0.15) is 11.7 Å². The van der Waals surface area contributed by atoms with Gasteiger partial charge in [0.2, 0.25) is 0 Å². The molecule has 2 unspecified atom stereocenters. The number of fused-ring (bicyclic) bond motifs is 3. The van der Waals surface area contributed by atoms with Crippen LogP contribution in [0.3, 0.4) is 0 Å². The van der Waals surface area contributed by atoms with E-state index in [9.17, 15) is 9.90 Å². The normalized spacial score (nSPS) is 28.1. The third kappa shape index (κ3) is 2.18. The van der Waals surface area contributed by atoms with Gasteiger partial charge in [-0.05, 0) is 31.3 Å². The zero-order chi connectivity index (χ0) is 15.3. The molecule has 0 radical (unpaired) electrons. The van der Waals surface area contributed by atoms with Crippen molar-refractivity contribution < 1.29 is 14.6 Å². The van der Waals surface area contributed by atoms with Gasteiger partial charge in [0.25, 0.3) is 0 Å². The average molecular weight is 318 g/mol. The van der Waals surface area contributed by atoms with Gasteiger partial charge >= 0.3 is 5.97 Å². The van der Waals surface area contributed by atoms with Crippen LogP contribution < -0.4 is 0 Å². The summed E-state index contributed by atoms with van der Waals surface area (Å²) in [7, 11) is 2.15. The molecule has 22 heavy (non-hydrogen) atoms. The van der Waals surface area contributed by atoms with E-state index in [1.54, 1.807) is 0 Å². The van der Waals surface area contributed by atoms with Crippen LogP contribution in [-0.4, -0.2) is 46.2 Å². The van der Waals surface area contributed by atoms with Crippen molar-refractivity contribution in [1.82, 2.24) is 9.88 Å². The van der Waals surface area contributed by atoms with Gasteiger partial charge < -0.3 is 14.7 Å². The average Bonchev–Trinajstić information content (AvgIpc) is 3.03. The third-order valence-electron chi connectivity index (χ3n) is 5.00. The third-order valence-corrected chi connectivity index (χ3v) is 5.91. The molecule has 2 aromatic heterocycles. The van der Waals surface area contributed by atoms with Crippen molar-refractivity contribution >= 4 is 27.5 Å². The summed E-state index contributed by atoms with van der Waals surface area (Å²) in [5, 5.41) is 12.1. The first-order chi connectivity index (χ1) is 10.6. The van der Waals surface area contributed by atoms with Gasteiger partial charge in [0, 0.05) is 31.1 Å². The fourth-order valence-electron chi connectivity index (χ4n) is 3.72. The Balaban J connectivity index is 1.53. The SMILES string of the molecule is CN1C2CCC1CC(OC(=O)c1cnc3ccsc3c1O)C2. The lowest BCUT2D eigenvalue weighted by Gasteiger charge is -2.35. The van der Waals surface area contributed by atoms with Crippen LogP contribution in [0.5, 0.6) is 5.75 Å². The Labute approximate surface area is 132 Å². The van der Waals surface area contributed by atoms with E-state index < -0.39 is 5.97 Å². The highest BCUT2D eigenvalue weighted by molar-refractivity contribution is 7.17. The Hall–Kier alpha value is -1.66. The molecule has 4 rings (SSSR count). The van der Waals surface area contributed by atoms with Gasteiger partial charge in [0.15, 0.2) is 5.75 Å². The summed E-state index contributed by atoms with van der Waals surface area (Å²) in [6, 6.07) is 2.86. The lowest BCUT2D eigenvalue weighted by Crippen LogP contribution is -2.43. The lowest BCUT2D eigenvalue weighted by atomic mass is 10.0. The molecular formula is C16H18N2O3S. The van der Waals surface area contributed by atoms with Crippen molar-refractivity contribution in [2.75, 3.05) is 7.05 Å². The number of pyridine rings is 1. The maximum absolute atomic E-state index is 12.4. The molecule has 6 heteroatoms. The largest absolute Gasteiger partial charge is 0.505 e. The predicted octanol–water partition coefficient (Wildman–Crippen LogP) is 2.78. The first-order valence-electron chi connectivity index (χ1n) is 7.61. The number of thiophene rings is 1. The summed E-state index contributed by atoms with van der Waals surface area (Å²) in [5.41, 5.74) is 0.873. The molecule has 2 saturated heterocycles. The van der Waals surface area contributed by atoms with E-state index >= 15 is 0 Å². The van der Waals surface area contributed by atoms with E-state index in [0.717, 1.165) is 12.8 Å². The van der Waals surface area contributed by atoms with Crippen LogP contribution in [0.2, 0.25) is 0 Å². The van der Waals surface area contributed by atoms with Gasteiger partial charge in [-0.2, -0.15) is 0 Å². The van der Waals surface area contributed by atoms with Crippen molar-refractivity contribution in [2.45, 2.75) is 43.9 Å². The van der Waals surface area contributed by atoms with E-state index in [1.807, 2.05) is 11.4 Å². The summed E-state index contributed by atoms with van der Waals surface area (Å²) in [4.78, 5) is 19.0. The number of aromatic nitrogens is 1. The van der Waals surface area contributed by atoms with Gasteiger partial charge in [0.05, 0.1) is 10.2 Å². The molecule has 116 valence electrons. The molecule has 5 nitrogen and oxygen atoms in total. The van der Waals surface area contributed by atoms with Gasteiger partial charge in [-0.3, -0.25) is 4.98 Å². The maximum atomic E-state index is 12.4. The van der Waals surface area contributed by atoms with Gasteiger partial charge in [-0.25, -0.2) is 4.79 Å². The zero-order valence-electron chi connectivity index (χ0n) is 12.4. The Kier molecular flexibility index (Phi) is 3.31. The molecular weight excluding hydrogens is 300 g/mol. The summed E-state index contributed by atoms with van der Waals surface area (Å²) < 4.78 is 6.29. The standard InChI is InChI=1S/C16H18N2O3S/c1-18-9-2-3-10(18)7-11(6-9)21-16(20)12-8-17-13-4-5-22-15(13)14(12)19/h4-5,8-11H,2-3,6-7H2,1H3,(H,17,19). The number of carbonyl (C=O) groups excluding carboxylic acids is 1. The van der Waals surface area contributed by atoms with E-state index in [1.165, 1.54) is 30.4 Å². The molecule has 0 amide bonds. The first-order valence-corrected chi connectivity index (χ1v) is 8.49. The van der Waals surface area contributed by atoms with Crippen LogP contribution in [0.15, 0.2) is 17.6 Å². The number of hydrogen-bond acceptors (Lipinski definition) is 6. The second kappa shape index (κ2) is 5.21. The number of hydrogen-bond donors (Lipinski definition) is 1. The minimum Gasteiger partial charge on any atom is -0.505 e. The van der Waals surface area contributed by atoms with Crippen molar-refractivity contribution in [1.29, 1.82) is 0 Å². The van der Waals surface area contributed by atoms with E-state index in [0.29, 0.717) is 22.3 Å². The van der Waals surface area contributed by atoms with Crippen molar-refractivity contribution in [2.24, 2.45) is 0 Å². The number of nitrogens with zero attached hydrogens (tertiary/aromatic N) is 2. The molecule has 0 aromatic carbocycles. The minimum atomic E-state index is -0.464. The molecule has 2 atom stereocenters. The van der Waals surface area contributed by atoms with Crippen molar-refractivity contribution in [3.63, 3.8) is 0 Å². The van der Waals surface area contributed by atoms with Crippen LogP contribution in [0.1, 0.15) is 36.0 Å². The molecule has 2 aliphatic rings. The molecule has 4 heterocycles. The van der Waals surface area contributed by atoms with Crippen LogP contribution in [0.25, 0.3) is 10.2 Å². The molecule has 0 saturated carbocycles. The number of carbonyl (C=O) groups is 1. The van der Waals surface area contributed by atoms with Crippen LogP contribution in [-0.2, 0) is 4.74 Å². The molecule has 2 bridgehead atoms. The summed E-state index contributed by atoms with van der Waals surface area (Å²) in [6.07, 6.45) is 5.49. The summed E-state index contributed by atoms with van der Waals surface area (Å²) in [5.74, 6) is -0.477. The highest BCUT2D eigenvalue weighted by Gasteiger charge is 2.40. The lowest BCUT2D eigenvalue weighted by molar-refractivity contribution is -0.000673. The first kappa shape index (κ1) is 14.0. The monoisotopic (exact) mass is 318 g/mol. The molecule has 0 spiro atoms. The minimum absolute atomic E-state index is 0.0131. The molecule has 1 N–H and O–H groups in total. The highest BCUT2D eigenvalue weighted by atomic mass is 32.1. The Morgan fingerprint density at radius 2 is 2.14 bits per heavy atom. The quantitative estimate of drug-likeness (QED) is 0.863. The smallest absolute Gasteiger partial charge is 0.343 e. The van der Waals surface area contributed by atoms with E-state index in [4.69, 9.17) is 4.74 Å². The second-order valence-electron chi connectivity index (χ2n) is 6.20. The van der Waals surface area contributed by atoms with Crippen molar-refractivity contribution in [3.8, 4) is 5.75 Å². The highest BCUT2D eigenvalue weighted by Crippen LogP contribution is 2.37. The number of ether oxygens (including phenoxy) is 1. The van der Waals surface area contributed by atoms with E-state index in [-0.39, 0.29) is 17.4 Å². The summed E-state index contributed by atoms with van der Waals surface area (Å²) >= 11 is 1.38. The van der Waals surface area contributed by atoms with E-state index in [2.05, 4.69) is 16.9 Å². The number of esters is 1. The van der Waals surface area contributed by atoms with Crippen molar-refractivity contribution in [3.05, 3.63) is 23.2 Å². The topological polar surface area (TPSA) is 62.7 Å². The Morgan fingerprint density at radius 1 is 1.41 bits per heavy atom. The molecule has 2 fully saturated rings. The van der Waals surface area contributed by atoms with Gasteiger partial charge in [-0.15, -0.1) is 11.3 Å². The predicted molar refractivity (Wildman–Crippen MR) is 84.3 cm³/mol. The fourth-order valence-corrected chi connectivity index (χ4v) is 4.52. The fraction of sp³-hybridized carbons (Fsp3) is 0.500. The van der Waals surface area contributed by atoms with Crippen LogP contribution in [0, 0.1) is 0 Å². The molecule has 0 aliphatic carbocycles. The molecule has 2 aromatic rings. The number of rotatable bonds is 2.